The summed E-state index contributed by atoms with van der Waals surface area (Å²) in [6.45, 7) is 0. The van der Waals surface area contributed by atoms with Crippen molar-refractivity contribution >= 4 is 22.4 Å². The normalized spacial score (nSPS) is 18.7. The molecule has 10 rings (SSSR count). The number of hydrogen-bond donors (Lipinski definition) is 0. The summed E-state index contributed by atoms with van der Waals surface area (Å²) in [7, 11) is 0. The van der Waals surface area contributed by atoms with Crippen molar-refractivity contribution < 1.29 is 4.42 Å². The predicted molar refractivity (Wildman–Crippen MR) is 173 cm³/mol. The fourth-order valence-corrected chi connectivity index (χ4v) is 8.14. The lowest BCUT2D eigenvalue weighted by molar-refractivity contribution is 0.628. The molecule has 1 spiro atoms. The average molecular weight is 548 g/mol. The molecule has 2 heteroatoms. The fourth-order valence-electron chi connectivity index (χ4n) is 8.14. The molecule has 200 valence electrons. The van der Waals surface area contributed by atoms with Crippen molar-refractivity contribution in [1.82, 2.24) is 0 Å². The topological polar surface area (TPSA) is 25.5 Å². The summed E-state index contributed by atoms with van der Waals surface area (Å²) in [6, 6.07) is 52.7. The van der Waals surface area contributed by atoms with E-state index >= 15 is 0 Å². The molecular weight excluding hydrogens is 522 g/mol. The van der Waals surface area contributed by atoms with Gasteiger partial charge >= 0.3 is 0 Å². The van der Waals surface area contributed by atoms with E-state index < -0.39 is 5.41 Å². The zero-order chi connectivity index (χ0) is 28.1. The van der Waals surface area contributed by atoms with Crippen LogP contribution in [0.2, 0.25) is 0 Å². The van der Waals surface area contributed by atoms with E-state index in [0.29, 0.717) is 0 Å². The molecule has 0 radical (unpaired) electrons. The Balaban J connectivity index is 1.29. The minimum Gasteiger partial charge on any atom is -0.456 e. The van der Waals surface area contributed by atoms with Gasteiger partial charge < -0.3 is 4.42 Å². The van der Waals surface area contributed by atoms with E-state index in [2.05, 4.69) is 146 Å². The molecule has 0 bridgehead atoms. The van der Waals surface area contributed by atoms with Gasteiger partial charge in [0.25, 0.3) is 0 Å². The maximum Gasteiger partial charge on any atom is 0.140 e. The van der Waals surface area contributed by atoms with Crippen LogP contribution in [0.4, 0.5) is 5.69 Å². The molecule has 1 aliphatic heterocycles. The Morgan fingerprint density at radius 2 is 1.23 bits per heavy atom. The molecule has 2 aliphatic carbocycles. The van der Waals surface area contributed by atoms with Gasteiger partial charge in [-0.3, -0.25) is 4.99 Å². The molecule has 43 heavy (non-hydrogen) atoms. The Morgan fingerprint density at radius 1 is 0.558 bits per heavy atom. The number of fused-ring (bicyclic) bond motifs is 13. The van der Waals surface area contributed by atoms with Gasteiger partial charge in [-0.25, -0.2) is 0 Å². The van der Waals surface area contributed by atoms with E-state index in [1.807, 2.05) is 0 Å². The van der Waals surface area contributed by atoms with Crippen LogP contribution in [0, 0.1) is 0 Å². The summed E-state index contributed by atoms with van der Waals surface area (Å²) in [5, 5.41) is 1.18. The van der Waals surface area contributed by atoms with Crippen LogP contribution in [0.1, 0.15) is 44.9 Å². The number of benzene rings is 6. The zero-order valence-electron chi connectivity index (χ0n) is 23.3. The molecule has 0 saturated carbocycles. The smallest absolute Gasteiger partial charge is 0.140 e. The van der Waals surface area contributed by atoms with E-state index in [0.717, 1.165) is 28.3 Å². The van der Waals surface area contributed by atoms with Gasteiger partial charge in [0, 0.05) is 16.5 Å². The van der Waals surface area contributed by atoms with E-state index in [4.69, 9.17) is 9.41 Å². The van der Waals surface area contributed by atoms with Crippen molar-refractivity contribution in [2.75, 3.05) is 0 Å². The van der Waals surface area contributed by atoms with Crippen LogP contribution in [0.25, 0.3) is 33.4 Å². The van der Waals surface area contributed by atoms with Gasteiger partial charge in [0.1, 0.15) is 11.3 Å². The average Bonchev–Trinajstić information content (AvgIpc) is 3.80. The summed E-state index contributed by atoms with van der Waals surface area (Å²) in [5.41, 5.74) is 15.2. The van der Waals surface area contributed by atoms with Gasteiger partial charge in [-0.05, 0) is 62.7 Å². The molecule has 2 nitrogen and oxygen atoms in total. The van der Waals surface area contributed by atoms with Crippen molar-refractivity contribution in [2.45, 2.75) is 11.3 Å². The molecule has 2 atom stereocenters. The predicted octanol–water partition coefficient (Wildman–Crippen LogP) is 10.0. The maximum absolute atomic E-state index is 6.68. The van der Waals surface area contributed by atoms with Crippen molar-refractivity contribution in [1.29, 1.82) is 0 Å². The molecule has 3 aliphatic rings. The summed E-state index contributed by atoms with van der Waals surface area (Å²) >= 11 is 0. The molecule has 0 fully saturated rings. The first-order valence-electron chi connectivity index (χ1n) is 14.9. The molecule has 6 aromatic carbocycles. The minimum atomic E-state index is -0.477. The summed E-state index contributed by atoms with van der Waals surface area (Å²) < 4.78 is 6.68. The molecular formula is C41H25NO. The van der Waals surface area contributed by atoms with E-state index in [1.165, 1.54) is 55.5 Å². The standard InChI is InChI=1S/C41H25NO/c1-2-12-25(13-3-1)37-30-16-6-10-20-35(30)42-39(37)26-22-23-28-27-14-4-8-18-32(27)41(34(28)24-26)33-19-9-5-15-29(33)40-38(41)31-17-7-11-21-36(31)43-40/h1-24,37H/t37?,41-/m1/s1. The monoisotopic (exact) mass is 547 g/mol. The highest BCUT2D eigenvalue weighted by Gasteiger charge is 2.54. The molecule has 1 unspecified atom stereocenters. The van der Waals surface area contributed by atoms with Crippen molar-refractivity contribution in [3.05, 3.63) is 185 Å². The van der Waals surface area contributed by atoms with E-state index in [9.17, 15) is 0 Å². The van der Waals surface area contributed by atoms with Crippen LogP contribution in [0.15, 0.2) is 155 Å². The quantitative estimate of drug-likeness (QED) is 0.211. The molecule has 0 amide bonds. The summed E-state index contributed by atoms with van der Waals surface area (Å²) in [6.07, 6.45) is 0. The van der Waals surface area contributed by atoms with Crippen LogP contribution >= 0.6 is 0 Å². The number of rotatable bonds is 2. The Bertz CT molecular complexity index is 2310. The second kappa shape index (κ2) is 8.30. The number of hydrogen-bond acceptors (Lipinski definition) is 2. The Labute approximate surface area is 249 Å². The fraction of sp³-hybridized carbons (Fsp3) is 0.0488. The third kappa shape index (κ3) is 2.85. The number of furan rings is 1. The second-order valence-electron chi connectivity index (χ2n) is 11.8. The highest BCUT2D eigenvalue weighted by Crippen LogP contribution is 2.65. The molecule has 7 aromatic rings. The molecule has 1 aromatic heterocycles. The van der Waals surface area contributed by atoms with Gasteiger partial charge in [0.05, 0.1) is 22.7 Å². The van der Waals surface area contributed by atoms with E-state index in [-0.39, 0.29) is 5.92 Å². The number of aliphatic imine (C=N–C) groups is 1. The van der Waals surface area contributed by atoms with Crippen LogP contribution in [0.3, 0.4) is 0 Å². The SMILES string of the molecule is c1ccc(C2C(c3ccc4c(c3)[C@@]3(c5ccccc5-4)c4ccccc4-c4oc5ccccc5c43)=Nc3ccccc32)cc1. The van der Waals surface area contributed by atoms with Crippen molar-refractivity contribution in [3.63, 3.8) is 0 Å². The number of nitrogens with zero attached hydrogens (tertiary/aromatic N) is 1. The number of para-hydroxylation sites is 2. The van der Waals surface area contributed by atoms with Gasteiger partial charge in [-0.2, -0.15) is 0 Å². The Morgan fingerprint density at radius 3 is 2.12 bits per heavy atom. The van der Waals surface area contributed by atoms with Crippen LogP contribution in [-0.2, 0) is 5.41 Å². The molecule has 0 saturated heterocycles. The van der Waals surface area contributed by atoms with Crippen LogP contribution in [-0.4, -0.2) is 5.71 Å². The Kier molecular flexibility index (Phi) is 4.47. The van der Waals surface area contributed by atoms with Gasteiger partial charge in [-0.15, -0.1) is 0 Å². The van der Waals surface area contributed by atoms with E-state index in [1.54, 1.807) is 0 Å². The molecule has 2 heterocycles. The van der Waals surface area contributed by atoms with Gasteiger partial charge in [0.2, 0.25) is 0 Å². The first-order valence-corrected chi connectivity index (χ1v) is 14.9. The maximum atomic E-state index is 6.68. The lowest BCUT2D eigenvalue weighted by Gasteiger charge is -2.30. The van der Waals surface area contributed by atoms with Gasteiger partial charge in [-0.1, -0.05) is 127 Å². The lowest BCUT2D eigenvalue weighted by atomic mass is 9.69. The highest BCUT2D eigenvalue weighted by atomic mass is 16.3. The first kappa shape index (κ1) is 23.1. The summed E-state index contributed by atoms with van der Waals surface area (Å²) in [4.78, 5) is 5.30. The molecule has 0 N–H and O–H groups in total. The zero-order valence-corrected chi connectivity index (χ0v) is 23.3. The van der Waals surface area contributed by atoms with Crippen LogP contribution in [0.5, 0.6) is 0 Å². The Hall–Kier alpha value is -5.47. The van der Waals surface area contributed by atoms with Crippen molar-refractivity contribution in [2.24, 2.45) is 4.99 Å². The highest BCUT2D eigenvalue weighted by molar-refractivity contribution is 6.13. The summed E-state index contributed by atoms with van der Waals surface area (Å²) in [5.74, 6) is 1.06. The van der Waals surface area contributed by atoms with Crippen LogP contribution < -0.4 is 0 Å². The largest absolute Gasteiger partial charge is 0.456 e. The first-order chi connectivity index (χ1) is 21.3. The van der Waals surface area contributed by atoms with Gasteiger partial charge in [0.15, 0.2) is 0 Å². The second-order valence-corrected chi connectivity index (χ2v) is 11.8. The lowest BCUT2D eigenvalue weighted by Crippen LogP contribution is -2.26. The third-order valence-electron chi connectivity index (χ3n) is 9.78. The minimum absolute atomic E-state index is 0.0800. The van der Waals surface area contributed by atoms with Crippen molar-refractivity contribution in [3.8, 4) is 22.5 Å². The third-order valence-corrected chi connectivity index (χ3v) is 9.78.